The third-order valence-corrected chi connectivity index (χ3v) is 8.40. The highest BCUT2D eigenvalue weighted by molar-refractivity contribution is 7.99. The Kier molecular flexibility index (Phi) is 6.38. The van der Waals surface area contributed by atoms with Crippen LogP contribution in [0, 0.1) is 27.7 Å². The third-order valence-electron chi connectivity index (χ3n) is 6.47. The van der Waals surface area contributed by atoms with Gasteiger partial charge in [0.05, 0.1) is 6.54 Å². The van der Waals surface area contributed by atoms with Crippen molar-refractivity contribution in [3.8, 4) is 0 Å². The molecule has 1 N–H and O–H groups in total. The van der Waals surface area contributed by atoms with Crippen LogP contribution in [0.1, 0.15) is 50.7 Å². The summed E-state index contributed by atoms with van der Waals surface area (Å²) in [6, 6.07) is 17.8. The molecule has 0 saturated heterocycles. The van der Waals surface area contributed by atoms with Gasteiger partial charge in [0.1, 0.15) is 4.91 Å². The zero-order valence-electron chi connectivity index (χ0n) is 20.5. The van der Waals surface area contributed by atoms with Gasteiger partial charge in [-0.3, -0.25) is 9.59 Å². The summed E-state index contributed by atoms with van der Waals surface area (Å²) in [7, 11) is -4.00. The van der Waals surface area contributed by atoms with Crippen LogP contribution in [0.15, 0.2) is 66.2 Å². The first-order valence-electron chi connectivity index (χ1n) is 11.3. The van der Waals surface area contributed by atoms with E-state index in [1.807, 2.05) is 52.0 Å². The lowest BCUT2D eigenvalue weighted by atomic mass is 10.0. The molecule has 7 heteroatoms. The highest BCUT2D eigenvalue weighted by Crippen LogP contribution is 2.37. The first-order chi connectivity index (χ1) is 16.5. The lowest BCUT2D eigenvalue weighted by Gasteiger charge is -2.17. The number of sulfonamides is 1. The molecule has 3 aromatic carbocycles. The second-order valence-corrected chi connectivity index (χ2v) is 10.8. The highest BCUT2D eigenvalue weighted by Gasteiger charge is 2.42. The molecule has 0 fully saturated rings. The minimum absolute atomic E-state index is 0.0511. The molecule has 0 radical (unpaired) electrons. The SMILES string of the molecule is CC1=C(c2ccc(C)c(C)c2)S(=O)(=O)N(Cc2ccc(C(=O)Nc3c(C)cccc3C)cc2)C1=O. The maximum atomic E-state index is 13.3. The third kappa shape index (κ3) is 4.51. The molecule has 0 unspecified atom stereocenters. The number of anilines is 1. The predicted octanol–water partition coefficient (Wildman–Crippen LogP) is 5.28. The molecule has 0 aromatic heterocycles. The molecule has 0 atom stereocenters. The number of rotatable bonds is 5. The van der Waals surface area contributed by atoms with E-state index < -0.39 is 15.9 Å². The van der Waals surface area contributed by atoms with Crippen molar-refractivity contribution in [2.24, 2.45) is 0 Å². The smallest absolute Gasteiger partial charge is 0.268 e. The Morgan fingerprint density at radius 2 is 1.46 bits per heavy atom. The first-order valence-corrected chi connectivity index (χ1v) is 12.8. The Hall–Kier alpha value is -3.71. The predicted molar refractivity (Wildman–Crippen MR) is 138 cm³/mol. The number of carbonyl (C=O) groups excluding carboxylic acids is 2. The van der Waals surface area contributed by atoms with Crippen LogP contribution in [-0.2, 0) is 21.4 Å². The van der Waals surface area contributed by atoms with E-state index in [9.17, 15) is 18.0 Å². The van der Waals surface area contributed by atoms with Gasteiger partial charge in [-0.1, -0.05) is 48.5 Å². The summed E-state index contributed by atoms with van der Waals surface area (Å²) in [6.45, 7) is 9.17. The summed E-state index contributed by atoms with van der Waals surface area (Å²) >= 11 is 0. The second kappa shape index (κ2) is 9.15. The van der Waals surface area contributed by atoms with Crippen LogP contribution in [-0.4, -0.2) is 24.5 Å². The van der Waals surface area contributed by atoms with Gasteiger partial charge in [0.15, 0.2) is 0 Å². The fourth-order valence-electron chi connectivity index (χ4n) is 4.23. The lowest BCUT2D eigenvalue weighted by molar-refractivity contribution is -0.122. The van der Waals surface area contributed by atoms with E-state index >= 15 is 0 Å². The van der Waals surface area contributed by atoms with Crippen molar-refractivity contribution in [3.63, 3.8) is 0 Å². The molecule has 0 aliphatic carbocycles. The molecular formula is C28H28N2O4S. The molecule has 1 aliphatic rings. The van der Waals surface area contributed by atoms with Gasteiger partial charge in [0.2, 0.25) is 0 Å². The molecule has 0 saturated carbocycles. The standard InChI is InChI=1S/C28H28N2O4S/c1-17-9-12-24(15-20(17)4)26-21(5)28(32)30(35(26,33)34)16-22-10-13-23(14-11-22)27(31)29-25-18(2)7-6-8-19(25)3/h6-15H,16H2,1-5H3,(H,29,31). The number of hydrogen-bond acceptors (Lipinski definition) is 4. The van der Waals surface area contributed by atoms with E-state index in [1.54, 1.807) is 43.3 Å². The van der Waals surface area contributed by atoms with E-state index in [4.69, 9.17) is 0 Å². The summed E-state index contributed by atoms with van der Waals surface area (Å²) in [5.74, 6) is -0.788. The molecular weight excluding hydrogens is 460 g/mol. The average Bonchev–Trinajstić information content (AvgIpc) is 2.97. The van der Waals surface area contributed by atoms with Crippen molar-refractivity contribution in [1.29, 1.82) is 0 Å². The van der Waals surface area contributed by atoms with Crippen LogP contribution in [0.5, 0.6) is 0 Å². The number of nitrogens with one attached hydrogen (secondary N) is 1. The van der Waals surface area contributed by atoms with Gasteiger partial charge in [0, 0.05) is 16.8 Å². The zero-order chi connectivity index (χ0) is 25.5. The topological polar surface area (TPSA) is 83.6 Å². The average molecular weight is 489 g/mol. The van der Waals surface area contributed by atoms with E-state index in [1.165, 1.54) is 0 Å². The van der Waals surface area contributed by atoms with Crippen LogP contribution in [0.2, 0.25) is 0 Å². The summed E-state index contributed by atoms with van der Waals surface area (Å²) in [5.41, 5.74) is 6.49. The summed E-state index contributed by atoms with van der Waals surface area (Å²) < 4.78 is 27.6. The Balaban J connectivity index is 1.54. The Bertz CT molecular complexity index is 1470. The van der Waals surface area contributed by atoms with Crippen molar-refractivity contribution < 1.29 is 18.0 Å². The number of hydrogen-bond donors (Lipinski definition) is 1. The van der Waals surface area contributed by atoms with Crippen LogP contribution in [0.4, 0.5) is 5.69 Å². The molecule has 35 heavy (non-hydrogen) atoms. The minimum Gasteiger partial charge on any atom is -0.322 e. The lowest BCUT2D eigenvalue weighted by Crippen LogP contribution is -2.30. The number of benzene rings is 3. The highest BCUT2D eigenvalue weighted by atomic mass is 32.2. The normalized spacial score (nSPS) is 15.0. The van der Waals surface area contributed by atoms with E-state index in [0.29, 0.717) is 16.7 Å². The molecule has 0 spiro atoms. The number of nitrogens with zero attached hydrogens (tertiary/aromatic N) is 1. The van der Waals surface area contributed by atoms with E-state index in [0.717, 1.165) is 32.2 Å². The molecule has 180 valence electrons. The van der Waals surface area contributed by atoms with Crippen molar-refractivity contribution in [1.82, 2.24) is 4.31 Å². The number of amides is 2. The number of para-hydroxylation sites is 1. The number of aryl methyl sites for hydroxylation is 4. The maximum Gasteiger partial charge on any atom is 0.268 e. The first kappa shape index (κ1) is 24.4. The molecule has 2 amide bonds. The number of carbonyl (C=O) groups is 2. The summed E-state index contributed by atoms with van der Waals surface area (Å²) in [4.78, 5) is 25.7. The molecule has 6 nitrogen and oxygen atoms in total. The molecule has 1 aliphatic heterocycles. The zero-order valence-corrected chi connectivity index (χ0v) is 21.3. The van der Waals surface area contributed by atoms with Crippen molar-refractivity contribution in [2.45, 2.75) is 41.2 Å². The Morgan fingerprint density at radius 1 is 0.829 bits per heavy atom. The van der Waals surface area contributed by atoms with Crippen molar-refractivity contribution >= 4 is 32.4 Å². The van der Waals surface area contributed by atoms with Crippen LogP contribution in [0.25, 0.3) is 4.91 Å². The van der Waals surface area contributed by atoms with Gasteiger partial charge in [-0.15, -0.1) is 0 Å². The largest absolute Gasteiger partial charge is 0.322 e. The van der Waals surface area contributed by atoms with Gasteiger partial charge < -0.3 is 5.32 Å². The fourth-order valence-corrected chi connectivity index (χ4v) is 6.02. The Morgan fingerprint density at radius 3 is 2.06 bits per heavy atom. The van der Waals surface area contributed by atoms with E-state index in [-0.39, 0.29) is 22.9 Å². The molecule has 4 rings (SSSR count). The summed E-state index contributed by atoms with van der Waals surface area (Å²) in [5, 5.41) is 2.94. The van der Waals surface area contributed by atoms with Gasteiger partial charge in [-0.25, -0.2) is 12.7 Å². The Labute approximate surface area is 206 Å². The quantitative estimate of drug-likeness (QED) is 0.530. The van der Waals surface area contributed by atoms with Gasteiger partial charge in [-0.05, 0) is 80.1 Å². The second-order valence-electron chi connectivity index (χ2n) is 8.99. The van der Waals surface area contributed by atoms with Crippen LogP contribution >= 0.6 is 0 Å². The van der Waals surface area contributed by atoms with E-state index in [2.05, 4.69) is 5.32 Å². The maximum absolute atomic E-state index is 13.3. The monoisotopic (exact) mass is 488 g/mol. The van der Waals surface area contributed by atoms with Gasteiger partial charge in [0.25, 0.3) is 21.8 Å². The van der Waals surface area contributed by atoms with Crippen LogP contribution in [0.3, 0.4) is 0 Å². The molecule has 3 aromatic rings. The van der Waals surface area contributed by atoms with Crippen molar-refractivity contribution in [3.05, 3.63) is 105 Å². The molecule has 1 heterocycles. The van der Waals surface area contributed by atoms with Crippen molar-refractivity contribution in [2.75, 3.05) is 5.32 Å². The minimum atomic E-state index is -4.00. The van der Waals surface area contributed by atoms with Gasteiger partial charge in [-0.2, -0.15) is 0 Å². The molecule has 0 bridgehead atoms. The fraction of sp³-hybridized carbons (Fsp3) is 0.214. The van der Waals surface area contributed by atoms with Gasteiger partial charge >= 0.3 is 0 Å². The summed E-state index contributed by atoms with van der Waals surface area (Å²) in [6.07, 6.45) is 0. The van der Waals surface area contributed by atoms with Crippen LogP contribution < -0.4 is 5.32 Å².